The van der Waals surface area contributed by atoms with Gasteiger partial charge in [-0.2, -0.15) is 5.10 Å². The molecule has 0 radical (unpaired) electrons. The van der Waals surface area contributed by atoms with Crippen molar-refractivity contribution in [2.45, 2.75) is 18.9 Å². The van der Waals surface area contributed by atoms with Gasteiger partial charge in [0.15, 0.2) is 11.5 Å². The van der Waals surface area contributed by atoms with Gasteiger partial charge in [0.1, 0.15) is 0 Å². The molecule has 0 aliphatic carbocycles. The Morgan fingerprint density at radius 3 is 2.95 bits per heavy atom. The number of halogens is 1. The molecule has 0 amide bonds. The third-order valence-electron chi connectivity index (χ3n) is 3.40. The van der Waals surface area contributed by atoms with Crippen molar-refractivity contribution in [1.29, 1.82) is 0 Å². The normalized spacial score (nSPS) is 15.6. The molecule has 0 saturated heterocycles. The van der Waals surface area contributed by atoms with Crippen molar-refractivity contribution in [3.8, 4) is 11.5 Å². The van der Waals surface area contributed by atoms with Crippen LogP contribution in [0.25, 0.3) is 0 Å². The second-order valence-electron chi connectivity index (χ2n) is 5.12. The molecule has 0 saturated carbocycles. The third-order valence-corrected chi connectivity index (χ3v) is 3.99. The van der Waals surface area contributed by atoms with Gasteiger partial charge in [0.2, 0.25) is 0 Å². The Morgan fingerprint density at radius 2 is 2.19 bits per heavy atom. The smallest absolute Gasteiger partial charge is 0.175 e. The number of hydrogen-bond acceptors (Lipinski definition) is 4. The summed E-state index contributed by atoms with van der Waals surface area (Å²) in [6, 6.07) is 3.74. The average molecular weight is 353 g/mol. The molecule has 6 heteroatoms. The third kappa shape index (κ3) is 3.22. The Kier molecular flexibility index (Phi) is 4.17. The van der Waals surface area contributed by atoms with Gasteiger partial charge in [0.05, 0.1) is 30.0 Å². The summed E-state index contributed by atoms with van der Waals surface area (Å²) in [5, 5.41) is 14.5. The van der Waals surface area contributed by atoms with Gasteiger partial charge in [-0.3, -0.25) is 4.68 Å². The predicted octanol–water partition coefficient (Wildman–Crippen LogP) is 2.62. The predicted molar refractivity (Wildman–Crippen MR) is 81.6 cm³/mol. The van der Waals surface area contributed by atoms with Crippen molar-refractivity contribution >= 4 is 15.9 Å². The zero-order valence-corrected chi connectivity index (χ0v) is 13.3. The number of fused-ring (bicyclic) bond motifs is 1. The van der Waals surface area contributed by atoms with Crippen molar-refractivity contribution in [2.75, 3.05) is 13.2 Å². The van der Waals surface area contributed by atoms with Gasteiger partial charge >= 0.3 is 0 Å². The van der Waals surface area contributed by atoms with E-state index in [1.165, 1.54) is 0 Å². The lowest BCUT2D eigenvalue weighted by molar-refractivity contribution is 0.177. The number of benzene rings is 1. The molecule has 1 unspecified atom stereocenters. The van der Waals surface area contributed by atoms with Crippen molar-refractivity contribution in [3.05, 3.63) is 40.1 Å². The fourth-order valence-corrected chi connectivity index (χ4v) is 2.94. The van der Waals surface area contributed by atoms with Crippen molar-refractivity contribution in [1.82, 2.24) is 9.78 Å². The van der Waals surface area contributed by atoms with E-state index in [-0.39, 0.29) is 0 Å². The topological polar surface area (TPSA) is 56.5 Å². The highest BCUT2D eigenvalue weighted by Gasteiger charge is 2.19. The van der Waals surface area contributed by atoms with Gasteiger partial charge < -0.3 is 14.6 Å². The van der Waals surface area contributed by atoms with Crippen LogP contribution in [-0.2, 0) is 13.5 Å². The number of hydrogen-bond donors (Lipinski definition) is 1. The van der Waals surface area contributed by atoms with Crippen LogP contribution in [-0.4, -0.2) is 28.1 Å². The summed E-state index contributed by atoms with van der Waals surface area (Å²) >= 11 is 3.49. The van der Waals surface area contributed by atoms with Gasteiger partial charge in [-0.25, -0.2) is 0 Å². The van der Waals surface area contributed by atoms with Crippen molar-refractivity contribution < 1.29 is 14.6 Å². The minimum Gasteiger partial charge on any atom is -0.490 e. The highest BCUT2D eigenvalue weighted by Crippen LogP contribution is 2.39. The van der Waals surface area contributed by atoms with Gasteiger partial charge in [-0.1, -0.05) is 0 Å². The number of aliphatic hydroxyl groups excluding tert-OH is 1. The monoisotopic (exact) mass is 352 g/mol. The van der Waals surface area contributed by atoms with Gasteiger partial charge in [-0.15, -0.1) is 0 Å². The number of aryl methyl sites for hydroxylation is 1. The zero-order valence-electron chi connectivity index (χ0n) is 11.8. The van der Waals surface area contributed by atoms with Crippen LogP contribution >= 0.6 is 15.9 Å². The van der Waals surface area contributed by atoms with E-state index in [2.05, 4.69) is 21.0 Å². The molecule has 2 aromatic rings. The van der Waals surface area contributed by atoms with Crippen LogP contribution in [0.1, 0.15) is 23.7 Å². The molecule has 0 spiro atoms. The Labute approximate surface area is 131 Å². The minimum atomic E-state index is -0.609. The Bertz CT molecular complexity index is 642. The number of rotatable bonds is 3. The second kappa shape index (κ2) is 6.07. The lowest BCUT2D eigenvalue weighted by Crippen LogP contribution is -2.03. The van der Waals surface area contributed by atoms with E-state index < -0.39 is 6.10 Å². The SMILES string of the molecule is Cn1cc(CC(O)c2cc(Br)c3c(c2)OCCCO3)cn1. The van der Waals surface area contributed by atoms with E-state index in [0.29, 0.717) is 31.1 Å². The van der Waals surface area contributed by atoms with Crippen LogP contribution in [0.2, 0.25) is 0 Å². The van der Waals surface area contributed by atoms with Gasteiger partial charge in [0, 0.05) is 26.1 Å². The quantitative estimate of drug-likeness (QED) is 0.922. The molecule has 1 aromatic heterocycles. The molecule has 2 heterocycles. The number of aromatic nitrogens is 2. The molecule has 1 N–H and O–H groups in total. The molecule has 3 rings (SSSR count). The fourth-order valence-electron chi connectivity index (χ4n) is 2.36. The van der Waals surface area contributed by atoms with Crippen LogP contribution in [0.15, 0.2) is 29.0 Å². The van der Waals surface area contributed by atoms with Crippen LogP contribution < -0.4 is 9.47 Å². The number of nitrogens with zero attached hydrogens (tertiary/aromatic N) is 2. The van der Waals surface area contributed by atoms with E-state index in [9.17, 15) is 5.11 Å². The molecular weight excluding hydrogens is 336 g/mol. The molecular formula is C15H17BrN2O3. The molecule has 1 atom stereocenters. The Balaban J connectivity index is 1.84. The summed E-state index contributed by atoms with van der Waals surface area (Å²) in [5.74, 6) is 1.40. The average Bonchev–Trinajstić information content (AvgIpc) is 2.72. The molecule has 0 bridgehead atoms. The fraction of sp³-hybridized carbons (Fsp3) is 0.400. The molecule has 112 valence electrons. The summed E-state index contributed by atoms with van der Waals surface area (Å²) < 4.78 is 13.9. The Morgan fingerprint density at radius 1 is 1.38 bits per heavy atom. The summed E-state index contributed by atoms with van der Waals surface area (Å²) in [5.41, 5.74) is 1.79. The summed E-state index contributed by atoms with van der Waals surface area (Å²) in [6.45, 7) is 1.27. The maximum Gasteiger partial charge on any atom is 0.175 e. The van der Waals surface area contributed by atoms with E-state index in [1.807, 2.05) is 25.4 Å². The largest absolute Gasteiger partial charge is 0.490 e. The second-order valence-corrected chi connectivity index (χ2v) is 5.98. The van der Waals surface area contributed by atoms with E-state index >= 15 is 0 Å². The van der Waals surface area contributed by atoms with Gasteiger partial charge in [-0.05, 0) is 39.2 Å². The molecule has 1 aromatic carbocycles. The first-order valence-corrected chi connectivity index (χ1v) is 7.67. The minimum absolute atomic E-state index is 0.514. The van der Waals surface area contributed by atoms with Crippen molar-refractivity contribution in [2.24, 2.45) is 7.05 Å². The summed E-state index contributed by atoms with van der Waals surface area (Å²) in [4.78, 5) is 0. The number of ether oxygens (including phenoxy) is 2. The van der Waals surface area contributed by atoms with Crippen LogP contribution in [0, 0.1) is 0 Å². The first-order chi connectivity index (χ1) is 10.1. The van der Waals surface area contributed by atoms with Crippen LogP contribution in [0.3, 0.4) is 0 Å². The molecule has 5 nitrogen and oxygen atoms in total. The van der Waals surface area contributed by atoms with Crippen LogP contribution in [0.5, 0.6) is 11.5 Å². The zero-order chi connectivity index (χ0) is 14.8. The lowest BCUT2D eigenvalue weighted by atomic mass is 10.0. The molecule has 1 aliphatic heterocycles. The summed E-state index contributed by atoms with van der Waals surface area (Å²) in [6.07, 6.45) is 4.43. The van der Waals surface area contributed by atoms with Gasteiger partial charge in [0.25, 0.3) is 0 Å². The highest BCUT2D eigenvalue weighted by atomic mass is 79.9. The molecule has 21 heavy (non-hydrogen) atoms. The maximum absolute atomic E-state index is 10.4. The summed E-state index contributed by atoms with van der Waals surface area (Å²) in [7, 11) is 1.86. The van der Waals surface area contributed by atoms with E-state index in [4.69, 9.17) is 9.47 Å². The maximum atomic E-state index is 10.4. The lowest BCUT2D eigenvalue weighted by Gasteiger charge is -2.15. The van der Waals surface area contributed by atoms with Crippen LogP contribution in [0.4, 0.5) is 0 Å². The molecule has 1 aliphatic rings. The van der Waals surface area contributed by atoms with E-state index in [1.54, 1.807) is 10.9 Å². The molecule has 0 fully saturated rings. The first kappa shape index (κ1) is 14.4. The Hall–Kier alpha value is -1.53. The number of aliphatic hydroxyl groups is 1. The standard InChI is InChI=1S/C15H17BrN2O3/c1-18-9-10(8-17-18)5-13(19)11-6-12(16)15-14(7-11)20-3-2-4-21-15/h6-9,13,19H,2-5H2,1H3. The first-order valence-electron chi connectivity index (χ1n) is 6.88. The van der Waals surface area contributed by atoms with Crippen molar-refractivity contribution in [3.63, 3.8) is 0 Å². The van der Waals surface area contributed by atoms with E-state index in [0.717, 1.165) is 22.0 Å². The highest BCUT2D eigenvalue weighted by molar-refractivity contribution is 9.10.